The van der Waals surface area contributed by atoms with Gasteiger partial charge >= 0.3 is 0 Å². The van der Waals surface area contributed by atoms with Gasteiger partial charge in [0.15, 0.2) is 5.76 Å². The summed E-state index contributed by atoms with van der Waals surface area (Å²) in [6.45, 7) is 2.00. The lowest BCUT2D eigenvalue weighted by Gasteiger charge is -2.00. The molecule has 1 atom stereocenters. The molecule has 56 valence electrons. The van der Waals surface area contributed by atoms with Crippen LogP contribution >= 0.6 is 15.9 Å². The molecule has 1 rings (SSSR count). The molecule has 1 aromatic heterocycles. The zero-order valence-electron chi connectivity index (χ0n) is 5.67. The van der Waals surface area contributed by atoms with Crippen molar-refractivity contribution >= 4 is 15.9 Å². The van der Waals surface area contributed by atoms with Gasteiger partial charge in [0, 0.05) is 6.07 Å². The van der Waals surface area contributed by atoms with Gasteiger partial charge in [0.1, 0.15) is 4.60 Å². The second-order valence-electron chi connectivity index (χ2n) is 2.07. The summed E-state index contributed by atoms with van der Waals surface area (Å²) < 4.78 is 5.60. The largest absolute Gasteiger partial charge is 0.359 e. The van der Waals surface area contributed by atoms with E-state index < -0.39 is 0 Å². The van der Waals surface area contributed by atoms with Gasteiger partial charge in [-0.15, -0.1) is 0 Å². The minimum Gasteiger partial charge on any atom is -0.359 e. The molecule has 1 aromatic rings. The molecular formula is C6H9BrN2O. The number of nitrogens with zero attached hydrogens (tertiary/aromatic N) is 1. The summed E-state index contributed by atoms with van der Waals surface area (Å²) in [6, 6.07) is 1.76. The summed E-state index contributed by atoms with van der Waals surface area (Å²) in [5.41, 5.74) is 5.65. The van der Waals surface area contributed by atoms with Crippen LogP contribution in [0.1, 0.15) is 25.1 Å². The smallest absolute Gasteiger partial charge is 0.154 e. The molecule has 0 spiro atoms. The van der Waals surface area contributed by atoms with Crippen LogP contribution in [0.3, 0.4) is 0 Å². The van der Waals surface area contributed by atoms with E-state index in [0.29, 0.717) is 4.60 Å². The molecule has 0 saturated heterocycles. The molecule has 3 nitrogen and oxygen atoms in total. The highest BCUT2D eigenvalue weighted by Gasteiger charge is 2.08. The van der Waals surface area contributed by atoms with Crippen LogP contribution in [-0.2, 0) is 0 Å². The van der Waals surface area contributed by atoms with Gasteiger partial charge in [0.2, 0.25) is 0 Å². The van der Waals surface area contributed by atoms with E-state index in [1.807, 2.05) is 6.92 Å². The molecule has 0 radical (unpaired) electrons. The van der Waals surface area contributed by atoms with Gasteiger partial charge in [-0.2, -0.15) is 0 Å². The zero-order valence-corrected chi connectivity index (χ0v) is 7.26. The lowest BCUT2D eigenvalue weighted by atomic mass is 10.2. The fourth-order valence-corrected chi connectivity index (χ4v) is 0.940. The molecule has 0 fully saturated rings. The van der Waals surface area contributed by atoms with E-state index >= 15 is 0 Å². The Morgan fingerprint density at radius 1 is 1.90 bits per heavy atom. The van der Waals surface area contributed by atoms with E-state index in [9.17, 15) is 0 Å². The molecule has 0 unspecified atom stereocenters. The minimum absolute atomic E-state index is 0.0289. The van der Waals surface area contributed by atoms with Crippen LogP contribution < -0.4 is 5.73 Å². The highest BCUT2D eigenvalue weighted by Crippen LogP contribution is 2.17. The fourth-order valence-electron chi connectivity index (χ4n) is 0.642. The van der Waals surface area contributed by atoms with Gasteiger partial charge in [0.05, 0.1) is 6.04 Å². The van der Waals surface area contributed by atoms with Crippen molar-refractivity contribution in [3.8, 4) is 0 Å². The SMILES string of the molecule is CC[C@@H](N)c1cc(Br)no1. The van der Waals surface area contributed by atoms with Gasteiger partial charge in [0.25, 0.3) is 0 Å². The number of halogens is 1. The standard InChI is InChI=1S/C6H9BrN2O/c1-2-4(8)5-3-6(7)9-10-5/h3-4H,2,8H2,1H3/t4-/m1/s1. The lowest BCUT2D eigenvalue weighted by Crippen LogP contribution is -2.06. The fraction of sp³-hybridized carbons (Fsp3) is 0.500. The van der Waals surface area contributed by atoms with Crippen LogP contribution in [0.15, 0.2) is 15.2 Å². The van der Waals surface area contributed by atoms with Crippen LogP contribution in [0.25, 0.3) is 0 Å². The van der Waals surface area contributed by atoms with Crippen molar-refractivity contribution in [3.05, 3.63) is 16.4 Å². The van der Waals surface area contributed by atoms with E-state index in [1.165, 1.54) is 0 Å². The molecule has 0 aliphatic heterocycles. The maximum absolute atomic E-state index is 5.65. The zero-order chi connectivity index (χ0) is 7.56. The third-order valence-electron chi connectivity index (χ3n) is 1.30. The summed E-state index contributed by atoms with van der Waals surface area (Å²) in [5.74, 6) is 0.731. The minimum atomic E-state index is -0.0289. The molecule has 1 heterocycles. The van der Waals surface area contributed by atoms with Gasteiger partial charge in [-0.1, -0.05) is 12.1 Å². The normalized spacial score (nSPS) is 13.5. The predicted octanol–water partition coefficient (Wildman–Crippen LogP) is 1.85. The van der Waals surface area contributed by atoms with E-state index in [1.54, 1.807) is 6.07 Å². The van der Waals surface area contributed by atoms with Crippen LogP contribution in [0, 0.1) is 0 Å². The predicted molar refractivity (Wildman–Crippen MR) is 41.4 cm³/mol. The summed E-state index contributed by atoms with van der Waals surface area (Å²) in [7, 11) is 0. The molecule has 4 heteroatoms. The van der Waals surface area contributed by atoms with Crippen LogP contribution in [0.4, 0.5) is 0 Å². The number of rotatable bonds is 2. The van der Waals surface area contributed by atoms with Crippen molar-refractivity contribution in [1.82, 2.24) is 5.16 Å². The average molecular weight is 205 g/mol. The van der Waals surface area contributed by atoms with Crippen molar-refractivity contribution in [2.75, 3.05) is 0 Å². The third-order valence-corrected chi connectivity index (χ3v) is 1.68. The first-order valence-electron chi connectivity index (χ1n) is 3.11. The summed E-state index contributed by atoms with van der Waals surface area (Å²) in [6.07, 6.45) is 0.863. The molecule has 0 bridgehead atoms. The number of aromatic nitrogens is 1. The van der Waals surface area contributed by atoms with Crippen molar-refractivity contribution in [2.45, 2.75) is 19.4 Å². The molecule has 0 amide bonds. The molecule has 0 aromatic carbocycles. The maximum Gasteiger partial charge on any atom is 0.154 e. The Bertz CT molecular complexity index is 211. The van der Waals surface area contributed by atoms with E-state index in [4.69, 9.17) is 10.3 Å². The highest BCUT2D eigenvalue weighted by molar-refractivity contribution is 9.10. The second-order valence-corrected chi connectivity index (χ2v) is 2.88. The molecular weight excluding hydrogens is 196 g/mol. The second kappa shape index (κ2) is 3.16. The molecule has 0 aliphatic rings. The Morgan fingerprint density at radius 3 is 3.00 bits per heavy atom. The Hall–Kier alpha value is -0.350. The van der Waals surface area contributed by atoms with Gasteiger partial charge in [-0.25, -0.2) is 0 Å². The van der Waals surface area contributed by atoms with Crippen molar-refractivity contribution < 1.29 is 4.52 Å². The molecule has 0 aliphatic carbocycles. The first-order chi connectivity index (χ1) is 4.74. The Labute approximate surface area is 67.7 Å². The molecule has 0 saturated carbocycles. The summed E-state index contributed by atoms with van der Waals surface area (Å²) in [4.78, 5) is 0. The lowest BCUT2D eigenvalue weighted by molar-refractivity contribution is 0.356. The maximum atomic E-state index is 5.65. The van der Waals surface area contributed by atoms with Crippen LogP contribution in [-0.4, -0.2) is 5.16 Å². The van der Waals surface area contributed by atoms with E-state index in [2.05, 4.69) is 21.1 Å². The van der Waals surface area contributed by atoms with Crippen molar-refractivity contribution in [1.29, 1.82) is 0 Å². The topological polar surface area (TPSA) is 52.0 Å². The number of hydrogen-bond acceptors (Lipinski definition) is 3. The Balaban J connectivity index is 2.74. The van der Waals surface area contributed by atoms with E-state index in [-0.39, 0.29) is 6.04 Å². The monoisotopic (exact) mass is 204 g/mol. The summed E-state index contributed by atoms with van der Waals surface area (Å²) in [5, 5.41) is 3.65. The van der Waals surface area contributed by atoms with Crippen molar-refractivity contribution in [2.24, 2.45) is 5.73 Å². The van der Waals surface area contributed by atoms with Gasteiger partial charge < -0.3 is 10.3 Å². The Morgan fingerprint density at radius 2 is 2.60 bits per heavy atom. The number of nitrogens with two attached hydrogens (primary N) is 1. The van der Waals surface area contributed by atoms with Crippen molar-refractivity contribution in [3.63, 3.8) is 0 Å². The first kappa shape index (κ1) is 7.75. The average Bonchev–Trinajstić information content (AvgIpc) is 2.34. The number of hydrogen-bond donors (Lipinski definition) is 1. The van der Waals surface area contributed by atoms with E-state index in [0.717, 1.165) is 12.2 Å². The molecule has 10 heavy (non-hydrogen) atoms. The van der Waals surface area contributed by atoms with Gasteiger partial charge in [-0.3, -0.25) is 0 Å². The third kappa shape index (κ3) is 1.58. The first-order valence-corrected chi connectivity index (χ1v) is 3.91. The van der Waals surface area contributed by atoms with Gasteiger partial charge in [-0.05, 0) is 22.4 Å². The quantitative estimate of drug-likeness (QED) is 0.801. The van der Waals surface area contributed by atoms with Crippen LogP contribution in [0.2, 0.25) is 0 Å². The molecule has 2 N–H and O–H groups in total. The van der Waals surface area contributed by atoms with Crippen LogP contribution in [0.5, 0.6) is 0 Å². The Kier molecular flexibility index (Phi) is 2.45. The summed E-state index contributed by atoms with van der Waals surface area (Å²) >= 11 is 3.17. The highest BCUT2D eigenvalue weighted by atomic mass is 79.9.